The van der Waals surface area contributed by atoms with Crippen LogP contribution in [0.1, 0.15) is 65.0 Å². The molecule has 0 radical (unpaired) electrons. The fourth-order valence-electron chi connectivity index (χ4n) is 6.98. The Morgan fingerprint density at radius 1 is 1.02 bits per heavy atom. The standard InChI is InChI=1S/C35H48N4O6/c1-8-10-16-25(29(40)31(42)36-17-11-9-2)37-30(41)28-26-24(35(26,6)7)20-39(28)32(43)27(38-33(44)45-34(3,4)5)23-18-21-14-12-13-15-22(21)19-23/h8-9,12-15,23-28H,1-2,10-11,16-20H2,3-7H3,(H,36,42)(H,37,41)(H,38,44)/t24-,25?,26-,27-,28-/m0/s1. The minimum absolute atomic E-state index is 0.0877. The molecule has 45 heavy (non-hydrogen) atoms. The van der Waals surface area contributed by atoms with Crippen LogP contribution in [0.25, 0.3) is 0 Å². The molecule has 0 bridgehead atoms. The number of allylic oxidation sites excluding steroid dienone is 1. The molecule has 1 saturated heterocycles. The lowest BCUT2D eigenvalue weighted by atomic mass is 9.93. The topological polar surface area (TPSA) is 134 Å². The van der Waals surface area contributed by atoms with Gasteiger partial charge in [0, 0.05) is 13.1 Å². The van der Waals surface area contributed by atoms with E-state index in [1.54, 1.807) is 37.8 Å². The highest BCUT2D eigenvalue weighted by Gasteiger charge is 2.69. The number of carbonyl (C=O) groups is 5. The van der Waals surface area contributed by atoms with Crippen LogP contribution in [-0.2, 0) is 36.8 Å². The summed E-state index contributed by atoms with van der Waals surface area (Å²) < 4.78 is 5.54. The van der Waals surface area contributed by atoms with Crippen LogP contribution >= 0.6 is 0 Å². The highest BCUT2D eigenvalue weighted by atomic mass is 16.6. The maximum atomic E-state index is 14.4. The molecule has 0 spiro atoms. The lowest BCUT2D eigenvalue weighted by molar-refractivity contribution is -0.144. The molecule has 0 aromatic heterocycles. The number of nitrogens with zero attached hydrogens (tertiary/aromatic N) is 1. The molecule has 1 unspecified atom stereocenters. The average molecular weight is 621 g/mol. The molecule has 244 valence electrons. The predicted octanol–water partition coefficient (Wildman–Crippen LogP) is 3.49. The van der Waals surface area contributed by atoms with Gasteiger partial charge in [-0.3, -0.25) is 19.2 Å². The predicted molar refractivity (Wildman–Crippen MR) is 171 cm³/mol. The maximum absolute atomic E-state index is 14.4. The number of hydrogen-bond donors (Lipinski definition) is 3. The van der Waals surface area contributed by atoms with Gasteiger partial charge < -0.3 is 25.6 Å². The molecule has 1 aromatic rings. The summed E-state index contributed by atoms with van der Waals surface area (Å²) in [6.07, 6.45) is 4.88. The number of amides is 4. The third kappa shape index (κ3) is 7.65. The van der Waals surface area contributed by atoms with Gasteiger partial charge in [0.1, 0.15) is 17.7 Å². The fraction of sp³-hybridized carbons (Fsp3) is 0.571. The molecule has 1 saturated carbocycles. The highest BCUT2D eigenvalue weighted by Crippen LogP contribution is 2.65. The number of alkyl carbamates (subject to hydrolysis) is 1. The summed E-state index contributed by atoms with van der Waals surface area (Å²) >= 11 is 0. The molecule has 2 fully saturated rings. The Bertz CT molecular complexity index is 1320. The van der Waals surface area contributed by atoms with E-state index in [1.165, 1.54) is 0 Å². The number of carbonyl (C=O) groups excluding carboxylic acids is 5. The Morgan fingerprint density at radius 3 is 2.22 bits per heavy atom. The van der Waals surface area contributed by atoms with Crippen LogP contribution in [0, 0.1) is 23.2 Å². The largest absolute Gasteiger partial charge is 0.444 e. The van der Waals surface area contributed by atoms with Crippen molar-refractivity contribution >= 4 is 29.6 Å². The van der Waals surface area contributed by atoms with Gasteiger partial charge in [-0.1, -0.05) is 50.3 Å². The van der Waals surface area contributed by atoms with Gasteiger partial charge in [-0.15, -0.1) is 13.2 Å². The normalized spacial score (nSPS) is 22.7. The molecular weight excluding hydrogens is 572 g/mol. The van der Waals surface area contributed by atoms with Crippen molar-refractivity contribution in [1.29, 1.82) is 0 Å². The van der Waals surface area contributed by atoms with Crippen molar-refractivity contribution in [1.82, 2.24) is 20.9 Å². The van der Waals surface area contributed by atoms with E-state index < -0.39 is 47.4 Å². The van der Waals surface area contributed by atoms with Gasteiger partial charge in [0.2, 0.25) is 17.6 Å². The first-order valence-corrected chi connectivity index (χ1v) is 15.9. The Hall–Kier alpha value is -3.95. The molecular formula is C35H48N4O6. The lowest BCUT2D eigenvalue weighted by Crippen LogP contribution is -2.59. The van der Waals surface area contributed by atoms with Crippen LogP contribution in [0.3, 0.4) is 0 Å². The fourth-order valence-corrected chi connectivity index (χ4v) is 6.98. The average Bonchev–Trinajstić information content (AvgIpc) is 3.34. The molecule has 10 heteroatoms. The molecule has 1 aromatic carbocycles. The molecule has 4 amide bonds. The number of ether oxygens (including phenoxy) is 1. The summed E-state index contributed by atoms with van der Waals surface area (Å²) in [5, 5.41) is 8.24. The third-order valence-electron chi connectivity index (χ3n) is 9.40. The summed E-state index contributed by atoms with van der Waals surface area (Å²) in [6.45, 7) is 17.4. The second kappa shape index (κ2) is 13.6. The van der Waals surface area contributed by atoms with E-state index >= 15 is 0 Å². The highest BCUT2D eigenvalue weighted by molar-refractivity contribution is 6.38. The summed E-state index contributed by atoms with van der Waals surface area (Å²) in [5.74, 6) is -2.61. The quantitative estimate of drug-likeness (QED) is 0.176. The third-order valence-corrected chi connectivity index (χ3v) is 9.40. The van der Waals surface area contributed by atoms with Crippen LogP contribution in [-0.4, -0.2) is 71.3 Å². The summed E-state index contributed by atoms with van der Waals surface area (Å²) in [7, 11) is 0. The van der Waals surface area contributed by atoms with Crippen molar-refractivity contribution < 1.29 is 28.7 Å². The van der Waals surface area contributed by atoms with Crippen LogP contribution in [0.15, 0.2) is 49.6 Å². The van der Waals surface area contributed by atoms with Crippen LogP contribution < -0.4 is 16.0 Å². The van der Waals surface area contributed by atoms with Crippen LogP contribution in [0.5, 0.6) is 0 Å². The molecule has 1 aliphatic heterocycles. The number of nitrogens with one attached hydrogen (secondary N) is 3. The van der Waals surface area contributed by atoms with E-state index in [0.717, 1.165) is 11.1 Å². The van der Waals surface area contributed by atoms with Crippen LogP contribution in [0.4, 0.5) is 4.79 Å². The Labute approximate surface area is 266 Å². The zero-order chi connectivity index (χ0) is 33.1. The Morgan fingerprint density at radius 2 is 1.64 bits per heavy atom. The van der Waals surface area contributed by atoms with Gasteiger partial charge in [-0.2, -0.15) is 0 Å². The van der Waals surface area contributed by atoms with Crippen molar-refractivity contribution in [2.45, 2.75) is 90.4 Å². The molecule has 5 atom stereocenters. The number of Topliss-reactive ketones (excluding diaryl/α,β-unsaturated/α-hetero) is 1. The molecule has 1 heterocycles. The zero-order valence-electron chi connectivity index (χ0n) is 27.2. The smallest absolute Gasteiger partial charge is 0.408 e. The number of benzene rings is 1. The van der Waals surface area contributed by atoms with E-state index in [-0.39, 0.29) is 42.0 Å². The molecule has 3 aliphatic rings. The Balaban J connectivity index is 1.58. The van der Waals surface area contributed by atoms with E-state index in [1.807, 2.05) is 24.3 Å². The Kier molecular flexibility index (Phi) is 10.2. The van der Waals surface area contributed by atoms with Crippen molar-refractivity contribution in [3.63, 3.8) is 0 Å². The summed E-state index contributed by atoms with van der Waals surface area (Å²) in [4.78, 5) is 68.8. The monoisotopic (exact) mass is 620 g/mol. The van der Waals surface area contributed by atoms with E-state index in [0.29, 0.717) is 32.2 Å². The van der Waals surface area contributed by atoms with Gasteiger partial charge in [-0.05, 0) is 87.2 Å². The molecule has 2 aliphatic carbocycles. The van der Waals surface area contributed by atoms with Gasteiger partial charge in [-0.25, -0.2) is 4.79 Å². The minimum atomic E-state index is -1.07. The van der Waals surface area contributed by atoms with Gasteiger partial charge in [0.05, 0.1) is 6.04 Å². The molecule has 4 rings (SSSR count). The maximum Gasteiger partial charge on any atom is 0.408 e. The van der Waals surface area contributed by atoms with E-state index in [4.69, 9.17) is 4.74 Å². The number of hydrogen-bond acceptors (Lipinski definition) is 6. The minimum Gasteiger partial charge on any atom is -0.444 e. The number of rotatable bonds is 13. The van der Waals surface area contributed by atoms with Gasteiger partial charge in [0.25, 0.3) is 5.91 Å². The van der Waals surface area contributed by atoms with Crippen molar-refractivity contribution in [2.75, 3.05) is 13.1 Å². The first-order valence-electron chi connectivity index (χ1n) is 15.9. The van der Waals surface area contributed by atoms with Crippen molar-refractivity contribution in [2.24, 2.45) is 23.2 Å². The first-order chi connectivity index (χ1) is 21.2. The first kappa shape index (κ1) is 33.9. The van der Waals surface area contributed by atoms with Crippen molar-refractivity contribution in [3.8, 4) is 0 Å². The summed E-state index contributed by atoms with van der Waals surface area (Å²) in [6, 6.07) is 5.13. The molecule has 3 N–H and O–H groups in total. The second-order valence-corrected chi connectivity index (χ2v) is 14.1. The summed E-state index contributed by atoms with van der Waals surface area (Å²) in [5.41, 5.74) is 1.31. The SMILES string of the molecule is C=CCCNC(=O)C(=O)C(CCC=C)NC(=O)[C@@H]1[C@@H]2[C@H](CN1C(=O)[C@@H](NC(=O)OC(C)(C)C)C1Cc3ccccc3C1)C2(C)C. The number of piperidine rings is 1. The van der Waals surface area contributed by atoms with E-state index in [9.17, 15) is 24.0 Å². The zero-order valence-corrected chi connectivity index (χ0v) is 27.2. The number of fused-ring (bicyclic) bond motifs is 2. The van der Waals surface area contributed by atoms with E-state index in [2.05, 4.69) is 43.0 Å². The number of ketones is 1. The second-order valence-electron chi connectivity index (χ2n) is 14.1. The van der Waals surface area contributed by atoms with Crippen LogP contribution in [0.2, 0.25) is 0 Å². The van der Waals surface area contributed by atoms with Crippen molar-refractivity contribution in [3.05, 3.63) is 60.7 Å². The molecule has 10 nitrogen and oxygen atoms in total. The van der Waals surface area contributed by atoms with Gasteiger partial charge >= 0.3 is 6.09 Å². The van der Waals surface area contributed by atoms with Gasteiger partial charge in [0.15, 0.2) is 0 Å². The lowest BCUT2D eigenvalue weighted by Gasteiger charge is -2.35. The number of likely N-dealkylation sites (tertiary alicyclic amines) is 1.